The summed E-state index contributed by atoms with van der Waals surface area (Å²) < 4.78 is 26.0. The molecule has 0 aliphatic heterocycles. The average molecular weight is 1990 g/mol. The Hall–Kier alpha value is -10.3. The summed E-state index contributed by atoms with van der Waals surface area (Å²) in [4.78, 5) is 66.1. The van der Waals surface area contributed by atoms with Gasteiger partial charge in [-0.2, -0.15) is 0 Å². The van der Waals surface area contributed by atoms with Gasteiger partial charge in [-0.15, -0.1) is 5.92 Å². The van der Waals surface area contributed by atoms with Crippen molar-refractivity contribution in [1.82, 2.24) is 19.1 Å². The fourth-order valence-corrected chi connectivity index (χ4v) is 17.0. The van der Waals surface area contributed by atoms with E-state index in [4.69, 9.17) is 24.7 Å². The number of fused-ring (bicyclic) bond motifs is 4. The normalized spacial score (nSPS) is 13.5. The number of aromatic amines is 2. The third kappa shape index (κ3) is 26.5. The monoisotopic (exact) mass is 1990 g/mol. The van der Waals surface area contributed by atoms with Crippen molar-refractivity contribution in [2.75, 3.05) is 32.2 Å². The van der Waals surface area contributed by atoms with Gasteiger partial charge in [-0.1, -0.05) is 205 Å². The van der Waals surface area contributed by atoms with Gasteiger partial charge in [0.25, 0.3) is 0 Å². The molecule has 20 heteroatoms. The number of esters is 4. The topological polar surface area (TPSA) is 271 Å². The number of nitrogens with one attached hydrogen (secondary N) is 2. The average Bonchev–Trinajstić information content (AvgIpc) is 1.60. The van der Waals surface area contributed by atoms with Crippen LogP contribution in [-0.4, -0.2) is 96.3 Å². The molecule has 0 spiro atoms. The number of aryl methyl sites for hydroxylation is 4. The Morgan fingerprint density at radius 2 is 0.881 bits per heavy atom. The number of carbonyl (C=O) groups is 5. The number of aromatic carboxylic acids is 1. The maximum Gasteiger partial charge on any atom is 1.00 e. The van der Waals surface area contributed by atoms with Crippen LogP contribution in [0.5, 0.6) is 0 Å². The molecule has 2 atom stereocenters. The molecular formula is C106H112BrCsIN5O12. The zero-order valence-electron chi connectivity index (χ0n) is 73.5. The number of hydrogen-bond acceptors (Lipinski definition) is 11. The molecule has 17 rings (SSSR count). The zero-order valence-corrected chi connectivity index (χ0v) is 83.6. The van der Waals surface area contributed by atoms with Crippen molar-refractivity contribution < 1.29 is 128 Å². The number of rotatable bonds is 15. The molecule has 1 saturated carbocycles. The zero-order chi connectivity index (χ0) is 87.3. The van der Waals surface area contributed by atoms with E-state index < -0.39 is 5.97 Å². The SMILES string of the molecule is BrC1C=CCCC1.CC#Cc1ccccc1.CCOC(=O)c1ccc(N)c(I)c1.CCOC(=O)c1ccc2[nH]c(-c3ccccc3)c(C)c2c1.CCOC(=O)c1ccc2[nH]c(C)c(-c3ccccc3)c2c1.CCOC(=O)c1ccc2c(c1)c(C)c(-c1ccccc1)n2C1C=CCCC1.Cc1c(-c2ccccc2)n(C2CCCCC2)c2ccc(C(=O)O)cc12.O.[Cs+].[OH-]. The van der Waals surface area contributed by atoms with Gasteiger partial charge in [-0.3, -0.25) is 0 Å². The van der Waals surface area contributed by atoms with Crippen LogP contribution in [0.1, 0.15) is 197 Å². The Balaban J connectivity index is 0.000000188. The molecule has 8 N–H and O–H groups in total. The number of allylic oxidation sites excluding steroid dienone is 4. The van der Waals surface area contributed by atoms with E-state index in [1.54, 1.807) is 43.3 Å². The van der Waals surface area contributed by atoms with Crippen molar-refractivity contribution in [3.63, 3.8) is 0 Å². The van der Waals surface area contributed by atoms with Gasteiger partial charge >= 0.3 is 98.7 Å². The van der Waals surface area contributed by atoms with E-state index in [1.807, 2.05) is 162 Å². The van der Waals surface area contributed by atoms with Crippen LogP contribution in [0.2, 0.25) is 0 Å². The predicted molar refractivity (Wildman–Crippen MR) is 520 cm³/mol. The van der Waals surface area contributed by atoms with Crippen LogP contribution < -0.4 is 74.6 Å². The number of hydrogen-bond donors (Lipinski definition) is 4. The molecule has 1 fully saturated rings. The van der Waals surface area contributed by atoms with Gasteiger partial charge < -0.3 is 59.8 Å². The number of alkyl halides is 1. The summed E-state index contributed by atoms with van der Waals surface area (Å²) in [5.41, 5.74) is 28.5. The summed E-state index contributed by atoms with van der Waals surface area (Å²) in [6, 6.07) is 80.0. The second-order valence-electron chi connectivity index (χ2n) is 30.1. The summed E-state index contributed by atoms with van der Waals surface area (Å²) >= 11 is 5.58. The van der Waals surface area contributed by atoms with E-state index in [-0.39, 0.29) is 104 Å². The van der Waals surface area contributed by atoms with Gasteiger partial charge in [-0.25, -0.2) is 24.0 Å². The van der Waals surface area contributed by atoms with E-state index in [0.29, 0.717) is 76.8 Å². The van der Waals surface area contributed by atoms with Gasteiger partial charge in [0.15, 0.2) is 0 Å². The molecule has 126 heavy (non-hydrogen) atoms. The minimum Gasteiger partial charge on any atom is -0.870 e. The number of ether oxygens (including phenoxy) is 4. The second-order valence-corrected chi connectivity index (χ2v) is 32.5. The Labute approximate surface area is 820 Å². The van der Waals surface area contributed by atoms with Crippen LogP contribution in [0.15, 0.2) is 267 Å². The van der Waals surface area contributed by atoms with E-state index in [1.165, 1.54) is 96.9 Å². The minimum atomic E-state index is -0.868. The maximum absolute atomic E-state index is 12.2. The number of nitrogens with two attached hydrogens (primary N) is 1. The molecule has 0 radical (unpaired) electrons. The molecule has 10 aromatic carbocycles. The fraction of sp³-hybridized carbons (Fsp3) is 0.255. The molecule has 0 bridgehead atoms. The van der Waals surface area contributed by atoms with Crippen molar-refractivity contribution in [3.8, 4) is 56.7 Å². The van der Waals surface area contributed by atoms with Crippen molar-refractivity contribution in [2.45, 2.75) is 150 Å². The first-order chi connectivity index (χ1) is 59.7. The maximum atomic E-state index is 12.2. The molecule has 4 aromatic heterocycles. The number of carbonyl (C=O) groups excluding carboxylic acids is 4. The quantitative estimate of drug-likeness (QED) is 0.0142. The van der Waals surface area contributed by atoms with Gasteiger partial charge in [0.1, 0.15) is 0 Å². The number of nitrogens with zero attached hydrogens (tertiary/aromatic N) is 2. The first-order valence-corrected chi connectivity index (χ1v) is 44.4. The van der Waals surface area contributed by atoms with Crippen LogP contribution >= 0.6 is 38.5 Å². The summed E-state index contributed by atoms with van der Waals surface area (Å²) in [6.07, 6.45) is 22.8. The van der Waals surface area contributed by atoms with E-state index in [2.05, 4.69) is 193 Å². The van der Waals surface area contributed by atoms with Gasteiger partial charge in [0, 0.05) is 86.3 Å². The Kier molecular flexibility index (Phi) is 40.9. The fourth-order valence-electron chi connectivity index (χ4n) is 15.9. The van der Waals surface area contributed by atoms with Crippen molar-refractivity contribution in [2.24, 2.45) is 0 Å². The molecular weight excluding hydrogens is 1870 g/mol. The summed E-state index contributed by atoms with van der Waals surface area (Å²) in [6.45, 7) is 19.0. The number of halogens is 2. The number of anilines is 1. The third-order valence-corrected chi connectivity index (χ3v) is 23.5. The number of benzene rings is 10. The number of nitrogen functional groups attached to an aromatic ring is 1. The van der Waals surface area contributed by atoms with Crippen LogP contribution in [0, 0.1) is 43.1 Å². The van der Waals surface area contributed by atoms with Gasteiger partial charge in [0.05, 0.1) is 71.7 Å². The predicted octanol–water partition coefficient (Wildman–Crippen LogP) is 23.1. The number of carboxylic acid groups (broad SMARTS) is 1. The summed E-state index contributed by atoms with van der Waals surface area (Å²) in [5, 5.41) is 13.7. The van der Waals surface area contributed by atoms with E-state index in [0.717, 1.165) is 93.7 Å². The van der Waals surface area contributed by atoms with Crippen molar-refractivity contribution in [1.29, 1.82) is 0 Å². The largest absolute Gasteiger partial charge is 1.00 e. The number of aromatic nitrogens is 4. The summed E-state index contributed by atoms with van der Waals surface area (Å²) in [5.74, 6) is 3.80. The van der Waals surface area contributed by atoms with Crippen LogP contribution in [-0.2, 0) is 18.9 Å². The van der Waals surface area contributed by atoms with E-state index >= 15 is 0 Å². The molecule has 3 aliphatic rings. The van der Waals surface area contributed by atoms with Crippen molar-refractivity contribution >= 4 is 118 Å². The van der Waals surface area contributed by atoms with Gasteiger partial charge in [-0.05, 0) is 278 Å². The van der Waals surface area contributed by atoms with E-state index in [9.17, 15) is 29.1 Å². The van der Waals surface area contributed by atoms with Gasteiger partial charge in [0.2, 0.25) is 0 Å². The third-order valence-electron chi connectivity index (χ3n) is 21.8. The van der Waals surface area contributed by atoms with Crippen LogP contribution in [0.25, 0.3) is 88.5 Å². The molecule has 17 nitrogen and oxygen atoms in total. The number of carboxylic acids is 1. The minimum absolute atomic E-state index is 0. The molecule has 648 valence electrons. The van der Waals surface area contributed by atoms with Crippen LogP contribution in [0.3, 0.4) is 0 Å². The standard InChI is InChI=1S/C24H25NO2.C22H23NO2.2C18H17NO2.C9H10INO2.C9H8.C6H9Br.Cs.2H2O/c1-3-27-24(26)19-14-15-22-21(16-19)17(2)23(18-10-6-4-7-11-18)25(22)20-12-8-5-9-13-20;1-15-19-14-17(22(24)25)12-13-20(19)23(18-10-6-3-7-11-18)21(15)16-8-4-2-5-9-16;1-3-21-18(20)14-9-10-16-15(11-14)17(12(2)19-16)13-7-5-4-6-8-13;1-3-21-18(20)14-9-10-16-15(11-14)12(2)17(19-16)13-7-5-4-6-8-13;1-2-13-9(12)6-3-4-8(11)7(10)5-6;1-2-6-9-7-4-3-5-8-9;7-6-4-2-1-3-5-6;;;/h4,6-8,10-12,14-16,20H,3,5,9,13H2,1-2H3;2,4-5,8-9,12-14,18H,3,6-7,10-11H2,1H3,(H,24,25);2*4-11,19H,3H2,1-2H3;3-5H,2,11H2,1H3;3-5,7-8H,1H3;2,4,6H,1,3,5H2;;2*1H2/q;;;;;;;+1;;/p-1. The first-order valence-electron chi connectivity index (χ1n) is 42.4. The molecule has 4 heterocycles. The molecule has 0 saturated heterocycles. The smallest absolute Gasteiger partial charge is 0.870 e. The molecule has 3 aliphatic carbocycles. The molecule has 0 amide bonds. The molecule has 14 aromatic rings. The second kappa shape index (κ2) is 50.9. The van der Waals surface area contributed by atoms with Crippen LogP contribution in [0.4, 0.5) is 5.69 Å². The number of H-pyrrole nitrogens is 2. The Bertz CT molecular complexity index is 6060. The first kappa shape index (κ1) is 101. The van der Waals surface area contributed by atoms with Crippen molar-refractivity contribution in [3.05, 3.63) is 326 Å². The summed E-state index contributed by atoms with van der Waals surface area (Å²) in [7, 11) is 0. The Morgan fingerprint density at radius 1 is 0.468 bits per heavy atom. The Morgan fingerprint density at radius 3 is 1.33 bits per heavy atom. The molecule has 2 unspecified atom stereocenters.